The van der Waals surface area contributed by atoms with E-state index in [0.717, 1.165) is 22.7 Å². The van der Waals surface area contributed by atoms with Crippen LogP contribution in [0.15, 0.2) is 42.5 Å². The normalized spacial score (nSPS) is 10.4. The van der Waals surface area contributed by atoms with Gasteiger partial charge in [0.2, 0.25) is 5.91 Å². The Morgan fingerprint density at radius 2 is 1.80 bits per heavy atom. The fourth-order valence-corrected chi connectivity index (χ4v) is 2.32. The van der Waals surface area contributed by atoms with Crippen LogP contribution in [0.25, 0.3) is 0 Å². The molecular formula is C20H26N2O3. The van der Waals surface area contributed by atoms with Crippen LogP contribution in [0.1, 0.15) is 18.1 Å². The van der Waals surface area contributed by atoms with Crippen molar-refractivity contribution in [2.45, 2.75) is 20.8 Å². The van der Waals surface area contributed by atoms with Crippen LogP contribution < -0.4 is 15.4 Å². The van der Waals surface area contributed by atoms with Crippen LogP contribution in [0.3, 0.4) is 0 Å². The number of amides is 1. The third-order valence-corrected chi connectivity index (χ3v) is 3.88. The third-order valence-electron chi connectivity index (χ3n) is 3.88. The van der Waals surface area contributed by atoms with Crippen molar-refractivity contribution in [3.8, 4) is 5.75 Å². The lowest BCUT2D eigenvalue weighted by molar-refractivity contribution is -0.114. The van der Waals surface area contributed by atoms with Crippen LogP contribution in [-0.4, -0.2) is 32.3 Å². The molecule has 0 spiro atoms. The van der Waals surface area contributed by atoms with Gasteiger partial charge in [-0.2, -0.15) is 0 Å². The molecule has 0 fully saturated rings. The van der Waals surface area contributed by atoms with E-state index in [1.165, 1.54) is 5.56 Å². The number of carbonyl (C=O) groups is 1. The summed E-state index contributed by atoms with van der Waals surface area (Å²) in [7, 11) is 0. The molecule has 25 heavy (non-hydrogen) atoms. The lowest BCUT2D eigenvalue weighted by atomic mass is 10.1. The first kappa shape index (κ1) is 18.8. The van der Waals surface area contributed by atoms with E-state index in [4.69, 9.17) is 9.47 Å². The molecule has 2 rings (SSSR count). The van der Waals surface area contributed by atoms with E-state index in [1.54, 1.807) is 0 Å². The Labute approximate surface area is 149 Å². The Kier molecular flexibility index (Phi) is 7.29. The van der Waals surface area contributed by atoms with Gasteiger partial charge < -0.3 is 20.1 Å². The number of rotatable bonds is 9. The molecular weight excluding hydrogens is 316 g/mol. The second kappa shape index (κ2) is 9.69. The third kappa shape index (κ3) is 6.12. The summed E-state index contributed by atoms with van der Waals surface area (Å²) in [5.74, 6) is 0.664. The average molecular weight is 342 g/mol. The topological polar surface area (TPSA) is 59.6 Å². The Morgan fingerprint density at radius 1 is 1.04 bits per heavy atom. The second-order valence-electron chi connectivity index (χ2n) is 5.72. The molecule has 0 unspecified atom stereocenters. The van der Waals surface area contributed by atoms with Gasteiger partial charge in [-0.15, -0.1) is 0 Å². The molecule has 0 heterocycles. The summed E-state index contributed by atoms with van der Waals surface area (Å²) in [5, 5.41) is 6.04. The molecule has 0 aliphatic carbocycles. The molecule has 0 bridgehead atoms. The molecule has 1 amide bonds. The predicted molar refractivity (Wildman–Crippen MR) is 101 cm³/mol. The fourth-order valence-electron chi connectivity index (χ4n) is 2.32. The second-order valence-corrected chi connectivity index (χ2v) is 5.72. The van der Waals surface area contributed by atoms with Gasteiger partial charge in [-0.25, -0.2) is 0 Å². The van der Waals surface area contributed by atoms with Crippen LogP contribution in [0, 0.1) is 13.8 Å². The van der Waals surface area contributed by atoms with Crippen molar-refractivity contribution in [1.82, 2.24) is 0 Å². The summed E-state index contributed by atoms with van der Waals surface area (Å²) in [6.45, 7) is 8.03. The summed E-state index contributed by atoms with van der Waals surface area (Å²) in [6, 6.07) is 13.3. The van der Waals surface area contributed by atoms with Crippen LogP contribution in [0.5, 0.6) is 5.75 Å². The molecule has 0 saturated carbocycles. The van der Waals surface area contributed by atoms with E-state index in [2.05, 4.69) is 23.6 Å². The molecule has 0 atom stereocenters. The maximum Gasteiger partial charge on any atom is 0.243 e. The van der Waals surface area contributed by atoms with Crippen molar-refractivity contribution in [1.29, 1.82) is 0 Å². The zero-order valence-corrected chi connectivity index (χ0v) is 15.1. The van der Waals surface area contributed by atoms with Crippen LogP contribution in [-0.2, 0) is 9.53 Å². The van der Waals surface area contributed by atoms with Crippen LogP contribution in [0.4, 0.5) is 11.4 Å². The number of hydrogen-bond donors (Lipinski definition) is 2. The van der Waals surface area contributed by atoms with E-state index in [0.29, 0.717) is 19.8 Å². The Bertz CT molecular complexity index is 684. The van der Waals surface area contributed by atoms with Gasteiger partial charge in [0.25, 0.3) is 0 Å². The predicted octanol–water partition coefficient (Wildman–Crippen LogP) is 3.77. The van der Waals surface area contributed by atoms with Crippen LogP contribution in [0.2, 0.25) is 0 Å². The Morgan fingerprint density at radius 3 is 2.52 bits per heavy atom. The van der Waals surface area contributed by atoms with Crippen molar-refractivity contribution in [2.24, 2.45) is 0 Å². The number of carbonyl (C=O) groups excluding carboxylic acids is 1. The van der Waals surface area contributed by atoms with Gasteiger partial charge >= 0.3 is 0 Å². The molecule has 2 aromatic rings. The zero-order valence-electron chi connectivity index (χ0n) is 15.1. The summed E-state index contributed by atoms with van der Waals surface area (Å²) < 4.78 is 10.8. The first-order valence-corrected chi connectivity index (χ1v) is 8.50. The van der Waals surface area contributed by atoms with E-state index in [9.17, 15) is 4.79 Å². The molecule has 2 aromatic carbocycles. The van der Waals surface area contributed by atoms with Gasteiger partial charge in [0, 0.05) is 18.0 Å². The first-order chi connectivity index (χ1) is 12.1. The van der Waals surface area contributed by atoms with Gasteiger partial charge in [-0.3, -0.25) is 4.79 Å². The lowest BCUT2D eigenvalue weighted by Crippen LogP contribution is -2.22. The van der Waals surface area contributed by atoms with E-state index < -0.39 is 0 Å². The van der Waals surface area contributed by atoms with Crippen molar-refractivity contribution in [3.05, 3.63) is 53.6 Å². The van der Waals surface area contributed by atoms with Crippen molar-refractivity contribution >= 4 is 17.3 Å². The number of anilines is 2. The number of nitrogens with one attached hydrogen (secondary N) is 2. The monoisotopic (exact) mass is 342 g/mol. The standard InChI is InChI=1S/C20H26N2O3/c1-4-24-12-13-25-18-10-8-17(9-11-18)22-20(23)14-21-19-7-5-6-15(2)16(19)3/h5-11,21H,4,12-14H2,1-3H3,(H,22,23). The Balaban J connectivity index is 1.79. The average Bonchev–Trinajstić information content (AvgIpc) is 2.61. The molecule has 5 heteroatoms. The molecule has 0 radical (unpaired) electrons. The highest BCUT2D eigenvalue weighted by Gasteiger charge is 2.05. The summed E-state index contributed by atoms with van der Waals surface area (Å²) in [4.78, 5) is 12.1. The Hall–Kier alpha value is -2.53. The van der Waals surface area contributed by atoms with Crippen molar-refractivity contribution in [2.75, 3.05) is 37.0 Å². The largest absolute Gasteiger partial charge is 0.491 e. The number of benzene rings is 2. The summed E-state index contributed by atoms with van der Waals surface area (Å²) in [5.41, 5.74) is 4.08. The quantitative estimate of drug-likeness (QED) is 0.681. The summed E-state index contributed by atoms with van der Waals surface area (Å²) in [6.07, 6.45) is 0. The smallest absolute Gasteiger partial charge is 0.243 e. The van der Waals surface area contributed by atoms with Gasteiger partial charge in [0.15, 0.2) is 0 Å². The number of ether oxygens (including phenoxy) is 2. The lowest BCUT2D eigenvalue weighted by Gasteiger charge is -2.12. The maximum atomic E-state index is 12.1. The zero-order chi connectivity index (χ0) is 18.1. The van der Waals surface area contributed by atoms with Crippen molar-refractivity contribution in [3.63, 3.8) is 0 Å². The van der Waals surface area contributed by atoms with Gasteiger partial charge in [-0.05, 0) is 62.2 Å². The maximum absolute atomic E-state index is 12.1. The fraction of sp³-hybridized carbons (Fsp3) is 0.350. The van der Waals surface area contributed by atoms with E-state index in [1.807, 2.05) is 50.2 Å². The van der Waals surface area contributed by atoms with E-state index in [-0.39, 0.29) is 12.5 Å². The highest BCUT2D eigenvalue weighted by molar-refractivity contribution is 5.93. The first-order valence-electron chi connectivity index (χ1n) is 8.50. The SMILES string of the molecule is CCOCCOc1ccc(NC(=O)CNc2cccc(C)c2C)cc1. The highest BCUT2D eigenvalue weighted by atomic mass is 16.5. The van der Waals surface area contributed by atoms with Crippen molar-refractivity contribution < 1.29 is 14.3 Å². The van der Waals surface area contributed by atoms with Gasteiger partial charge in [0.1, 0.15) is 12.4 Å². The summed E-state index contributed by atoms with van der Waals surface area (Å²) >= 11 is 0. The minimum absolute atomic E-state index is 0.0917. The minimum atomic E-state index is -0.0917. The molecule has 5 nitrogen and oxygen atoms in total. The molecule has 0 aliphatic heterocycles. The molecule has 0 saturated heterocycles. The van der Waals surface area contributed by atoms with Gasteiger partial charge in [-0.1, -0.05) is 12.1 Å². The highest BCUT2D eigenvalue weighted by Crippen LogP contribution is 2.18. The number of hydrogen-bond acceptors (Lipinski definition) is 4. The number of aryl methyl sites for hydroxylation is 1. The molecule has 2 N–H and O–H groups in total. The molecule has 134 valence electrons. The van der Waals surface area contributed by atoms with E-state index >= 15 is 0 Å². The molecule has 0 aliphatic rings. The van der Waals surface area contributed by atoms with Crippen LogP contribution >= 0.6 is 0 Å². The minimum Gasteiger partial charge on any atom is -0.491 e. The molecule has 0 aromatic heterocycles. The van der Waals surface area contributed by atoms with Gasteiger partial charge in [0.05, 0.1) is 13.2 Å².